The minimum atomic E-state index is -0.387. The van der Waals surface area contributed by atoms with E-state index in [4.69, 9.17) is 4.74 Å². The zero-order valence-corrected chi connectivity index (χ0v) is 12.3. The molecule has 3 heterocycles. The van der Waals surface area contributed by atoms with Gasteiger partial charge in [-0.25, -0.2) is 14.4 Å². The smallest absolute Gasteiger partial charge is 0.159 e. The van der Waals surface area contributed by atoms with Crippen LogP contribution in [-0.4, -0.2) is 58.2 Å². The summed E-state index contributed by atoms with van der Waals surface area (Å²) in [5, 5.41) is 0. The summed E-state index contributed by atoms with van der Waals surface area (Å²) in [6.45, 7) is 3.40. The maximum Gasteiger partial charge on any atom is 0.159 e. The number of ether oxygens (including phenoxy) is 1. The van der Waals surface area contributed by atoms with Gasteiger partial charge in [0.2, 0.25) is 0 Å². The molecule has 2 atom stereocenters. The zero-order chi connectivity index (χ0) is 13.8. The minimum absolute atomic E-state index is 0.185. The van der Waals surface area contributed by atoms with Crippen LogP contribution in [0.3, 0.4) is 0 Å². The van der Waals surface area contributed by atoms with E-state index in [1.54, 1.807) is 0 Å². The number of nitrogens with zero attached hydrogens (tertiary/aromatic N) is 3. The van der Waals surface area contributed by atoms with Gasteiger partial charge in [-0.15, -0.1) is 0 Å². The van der Waals surface area contributed by atoms with Gasteiger partial charge in [0.15, 0.2) is 5.82 Å². The van der Waals surface area contributed by atoms with Crippen molar-refractivity contribution in [2.45, 2.75) is 31.5 Å². The topological polar surface area (TPSA) is 38.2 Å². The Morgan fingerprint density at radius 2 is 1.90 bits per heavy atom. The van der Waals surface area contributed by atoms with E-state index in [1.807, 2.05) is 11.8 Å². The van der Waals surface area contributed by atoms with E-state index < -0.39 is 0 Å². The molecule has 0 bridgehead atoms. The molecule has 0 saturated carbocycles. The highest BCUT2D eigenvalue weighted by Gasteiger charge is 2.28. The van der Waals surface area contributed by atoms with Crippen LogP contribution in [0.5, 0.6) is 0 Å². The molecule has 1 aromatic rings. The summed E-state index contributed by atoms with van der Waals surface area (Å²) in [5.74, 6) is 2.76. The molecule has 2 fully saturated rings. The summed E-state index contributed by atoms with van der Waals surface area (Å²) in [7, 11) is 0. The number of hydrogen-bond acceptors (Lipinski definition) is 5. The fourth-order valence-corrected chi connectivity index (χ4v) is 3.76. The third-order valence-corrected chi connectivity index (χ3v) is 4.79. The highest BCUT2D eigenvalue weighted by Crippen LogP contribution is 2.23. The number of hydrogen-bond donors (Lipinski definition) is 0. The molecule has 0 aromatic carbocycles. The summed E-state index contributed by atoms with van der Waals surface area (Å²) in [4.78, 5) is 10.5. The van der Waals surface area contributed by atoms with E-state index in [9.17, 15) is 4.39 Å². The highest BCUT2D eigenvalue weighted by atomic mass is 32.2. The first-order chi connectivity index (χ1) is 9.79. The summed E-state index contributed by atoms with van der Waals surface area (Å²) in [5.41, 5.74) is 0. The van der Waals surface area contributed by atoms with Crippen molar-refractivity contribution < 1.29 is 9.13 Å². The summed E-state index contributed by atoms with van der Waals surface area (Å²) in [6, 6.07) is 0. The van der Waals surface area contributed by atoms with Gasteiger partial charge in [-0.1, -0.05) is 0 Å². The molecular weight excluding hydrogens is 277 g/mol. The molecule has 2 aliphatic heterocycles. The third kappa shape index (κ3) is 3.90. The molecule has 0 N–H and O–H groups in total. The van der Waals surface area contributed by atoms with E-state index in [0.717, 1.165) is 19.4 Å². The summed E-state index contributed by atoms with van der Waals surface area (Å²) < 4.78 is 18.8. The van der Waals surface area contributed by atoms with Gasteiger partial charge in [0.1, 0.15) is 5.82 Å². The molecule has 0 spiro atoms. The largest absolute Gasteiger partial charge is 0.373 e. The Labute approximate surface area is 123 Å². The third-order valence-electron chi connectivity index (χ3n) is 3.85. The molecular formula is C14H20FN3OS. The van der Waals surface area contributed by atoms with E-state index in [1.165, 1.54) is 37.0 Å². The number of rotatable bonds is 4. The number of aromatic nitrogens is 2. The van der Waals surface area contributed by atoms with Crippen molar-refractivity contribution in [3.63, 3.8) is 0 Å². The second-order valence-corrected chi connectivity index (χ2v) is 6.62. The van der Waals surface area contributed by atoms with Crippen molar-refractivity contribution in [1.82, 2.24) is 14.9 Å². The normalized spacial score (nSPS) is 27.9. The van der Waals surface area contributed by atoms with Crippen LogP contribution < -0.4 is 0 Å². The fourth-order valence-electron chi connectivity index (χ4n) is 2.78. The SMILES string of the molecule is Fc1cnc(C[C@@H]2CC[C@H](CN3CCSCC3)O2)nc1. The van der Waals surface area contributed by atoms with Crippen molar-refractivity contribution in [2.75, 3.05) is 31.1 Å². The Hall–Kier alpha value is -0.720. The maximum atomic E-state index is 12.8. The molecule has 3 rings (SSSR count). The average molecular weight is 297 g/mol. The average Bonchev–Trinajstić information content (AvgIpc) is 2.90. The first-order valence-corrected chi connectivity index (χ1v) is 8.37. The van der Waals surface area contributed by atoms with E-state index in [0.29, 0.717) is 18.3 Å². The van der Waals surface area contributed by atoms with Crippen molar-refractivity contribution in [3.05, 3.63) is 24.0 Å². The lowest BCUT2D eigenvalue weighted by Gasteiger charge is -2.28. The molecule has 0 amide bonds. The molecule has 4 nitrogen and oxygen atoms in total. The molecule has 2 saturated heterocycles. The van der Waals surface area contributed by atoms with Gasteiger partial charge in [-0.2, -0.15) is 11.8 Å². The van der Waals surface area contributed by atoms with E-state index >= 15 is 0 Å². The van der Waals surface area contributed by atoms with Crippen LogP contribution in [0.15, 0.2) is 12.4 Å². The molecule has 6 heteroatoms. The highest BCUT2D eigenvalue weighted by molar-refractivity contribution is 7.99. The van der Waals surface area contributed by atoms with Crippen LogP contribution in [0.25, 0.3) is 0 Å². The second-order valence-electron chi connectivity index (χ2n) is 5.39. The van der Waals surface area contributed by atoms with Crippen molar-refractivity contribution in [3.8, 4) is 0 Å². The number of halogens is 1. The molecule has 0 radical (unpaired) electrons. The summed E-state index contributed by atoms with van der Waals surface area (Å²) >= 11 is 2.03. The Kier molecular flexibility index (Phi) is 4.86. The Morgan fingerprint density at radius 3 is 2.65 bits per heavy atom. The van der Waals surface area contributed by atoms with Gasteiger partial charge >= 0.3 is 0 Å². The van der Waals surface area contributed by atoms with E-state index in [-0.39, 0.29) is 11.9 Å². The van der Waals surface area contributed by atoms with Gasteiger partial charge in [-0.05, 0) is 12.8 Å². The number of thioether (sulfide) groups is 1. The molecule has 0 unspecified atom stereocenters. The van der Waals surface area contributed by atoms with Crippen molar-refractivity contribution in [1.29, 1.82) is 0 Å². The molecule has 20 heavy (non-hydrogen) atoms. The zero-order valence-electron chi connectivity index (χ0n) is 11.5. The van der Waals surface area contributed by atoms with Crippen LogP contribution in [0, 0.1) is 5.82 Å². The molecule has 0 aliphatic carbocycles. The first kappa shape index (κ1) is 14.2. The van der Waals surface area contributed by atoms with Crippen LogP contribution in [0.4, 0.5) is 4.39 Å². The van der Waals surface area contributed by atoms with E-state index in [2.05, 4.69) is 14.9 Å². The maximum absolute atomic E-state index is 12.8. The lowest BCUT2D eigenvalue weighted by Crippen LogP contribution is -2.38. The monoisotopic (exact) mass is 297 g/mol. The first-order valence-electron chi connectivity index (χ1n) is 7.21. The van der Waals surface area contributed by atoms with Gasteiger partial charge in [0.05, 0.1) is 24.6 Å². The van der Waals surface area contributed by atoms with Gasteiger partial charge in [0.25, 0.3) is 0 Å². The fraction of sp³-hybridized carbons (Fsp3) is 0.714. The standard InChI is InChI=1S/C14H20FN3OS/c15-11-8-16-14(17-9-11)7-12-1-2-13(19-12)10-18-3-5-20-6-4-18/h8-9,12-13H,1-7,10H2/t12-,13+/m0/s1. The molecule has 1 aromatic heterocycles. The predicted molar refractivity (Wildman–Crippen MR) is 77.4 cm³/mol. The van der Waals surface area contributed by atoms with Gasteiger partial charge < -0.3 is 4.74 Å². The Bertz CT molecular complexity index is 425. The van der Waals surface area contributed by atoms with Crippen LogP contribution >= 0.6 is 11.8 Å². The Morgan fingerprint density at radius 1 is 1.20 bits per heavy atom. The van der Waals surface area contributed by atoms with Gasteiger partial charge in [-0.3, -0.25) is 4.90 Å². The quantitative estimate of drug-likeness (QED) is 0.846. The van der Waals surface area contributed by atoms with Crippen LogP contribution in [-0.2, 0) is 11.2 Å². The van der Waals surface area contributed by atoms with Crippen molar-refractivity contribution >= 4 is 11.8 Å². The van der Waals surface area contributed by atoms with Crippen LogP contribution in [0.1, 0.15) is 18.7 Å². The predicted octanol–water partition coefficient (Wildman–Crippen LogP) is 1.75. The lowest BCUT2D eigenvalue weighted by molar-refractivity contribution is 0.0242. The molecule has 110 valence electrons. The molecule has 2 aliphatic rings. The summed E-state index contributed by atoms with van der Waals surface area (Å²) in [6.07, 6.45) is 5.81. The second kappa shape index (κ2) is 6.83. The minimum Gasteiger partial charge on any atom is -0.373 e. The van der Waals surface area contributed by atoms with Gasteiger partial charge in [0, 0.05) is 37.6 Å². The van der Waals surface area contributed by atoms with Crippen molar-refractivity contribution in [2.24, 2.45) is 0 Å². The lowest BCUT2D eigenvalue weighted by atomic mass is 10.1. The van der Waals surface area contributed by atoms with Crippen LogP contribution in [0.2, 0.25) is 0 Å². The Balaban J connectivity index is 1.45.